The third-order valence-corrected chi connectivity index (χ3v) is 8.69. The first kappa shape index (κ1) is 25.7. The first-order valence-electron chi connectivity index (χ1n) is 11.0. The minimum absolute atomic E-state index is 0.0437. The molecule has 14 nitrogen and oxygen atoms in total. The van der Waals surface area contributed by atoms with E-state index in [0.717, 1.165) is 30.7 Å². The standard InChI is InChI=1S/C20H25N7O7S2/c1-27(4-2-3-10(27)6-34-20(22)32)5-9-7-35-17-13(16(29)26(17)14(9)18(30)31)24-15(28)12(25-33)11-8-36-19(21)23-11/h8,10,13,17H,2-7H2,1H3,(H6-,21,22,23,24,28,30,31,32,33)/p+1/t10?,13?,17-,27?/m1/s1. The Labute approximate surface area is 213 Å². The Morgan fingerprint density at radius 1 is 1.42 bits per heavy atom. The molecule has 7 N–H and O–H groups in total. The van der Waals surface area contributed by atoms with E-state index in [-0.39, 0.29) is 29.2 Å². The van der Waals surface area contributed by atoms with Crippen molar-refractivity contribution in [1.82, 2.24) is 15.2 Å². The lowest BCUT2D eigenvalue weighted by atomic mass is 10.0. The van der Waals surface area contributed by atoms with Crippen molar-refractivity contribution in [3.05, 3.63) is 22.3 Å². The number of primary amides is 1. The van der Waals surface area contributed by atoms with Gasteiger partial charge in [0.1, 0.15) is 42.0 Å². The normalized spacial score (nSPS) is 27.9. The second kappa shape index (κ2) is 9.94. The number of nitrogens with one attached hydrogen (secondary N) is 1. The van der Waals surface area contributed by atoms with Crippen LogP contribution in [0.2, 0.25) is 0 Å². The number of nitrogens with two attached hydrogens (primary N) is 2. The number of carbonyl (C=O) groups excluding carboxylic acids is 3. The molecule has 2 fully saturated rings. The number of fused-ring (bicyclic) bond motifs is 1. The van der Waals surface area contributed by atoms with Gasteiger partial charge in [-0.2, -0.15) is 0 Å². The van der Waals surface area contributed by atoms with Crippen LogP contribution in [0.5, 0.6) is 0 Å². The van der Waals surface area contributed by atoms with Gasteiger partial charge >= 0.3 is 12.1 Å². The number of carboxylic acid groups (broad SMARTS) is 1. The molecular weight excluding hydrogens is 514 g/mol. The van der Waals surface area contributed by atoms with Crippen molar-refractivity contribution >= 4 is 57.8 Å². The number of rotatable bonds is 8. The van der Waals surface area contributed by atoms with Gasteiger partial charge in [0.25, 0.3) is 11.8 Å². The van der Waals surface area contributed by atoms with Crippen LogP contribution in [-0.2, 0) is 19.1 Å². The summed E-state index contributed by atoms with van der Waals surface area (Å²) in [6.45, 7) is 1.25. The van der Waals surface area contributed by atoms with Gasteiger partial charge in [-0.1, -0.05) is 5.16 Å². The molecule has 3 aliphatic rings. The lowest BCUT2D eigenvalue weighted by molar-refractivity contribution is -0.916. The molecule has 0 aromatic carbocycles. The van der Waals surface area contributed by atoms with E-state index in [1.807, 2.05) is 7.05 Å². The Hall–Kier alpha value is -3.37. The number of ether oxygens (including phenoxy) is 1. The first-order chi connectivity index (χ1) is 17.1. The number of quaternary nitrogens is 1. The van der Waals surface area contributed by atoms with Crippen molar-refractivity contribution < 1.29 is 38.7 Å². The molecule has 194 valence electrons. The number of carboxylic acids is 1. The highest BCUT2D eigenvalue weighted by molar-refractivity contribution is 8.00. The number of oxime groups is 1. The van der Waals surface area contributed by atoms with Gasteiger partial charge in [0.2, 0.25) is 0 Å². The van der Waals surface area contributed by atoms with Crippen LogP contribution in [0.15, 0.2) is 21.8 Å². The van der Waals surface area contributed by atoms with Crippen LogP contribution in [0, 0.1) is 0 Å². The Morgan fingerprint density at radius 3 is 2.78 bits per heavy atom. The number of likely N-dealkylation sites (tertiary alicyclic amines) is 1. The first-order valence-corrected chi connectivity index (χ1v) is 12.9. The Morgan fingerprint density at radius 2 is 2.17 bits per heavy atom. The largest absolute Gasteiger partial charge is 0.477 e. The predicted molar refractivity (Wildman–Crippen MR) is 129 cm³/mol. The van der Waals surface area contributed by atoms with Crippen molar-refractivity contribution in [3.8, 4) is 0 Å². The monoisotopic (exact) mass is 540 g/mol. The number of aliphatic carboxylic acids is 1. The summed E-state index contributed by atoms with van der Waals surface area (Å²) in [5.41, 5.74) is 10.8. The molecule has 4 rings (SSSR count). The summed E-state index contributed by atoms with van der Waals surface area (Å²) in [5.74, 6) is -2.31. The highest BCUT2D eigenvalue weighted by Gasteiger charge is 2.55. The number of thioether (sulfide) groups is 1. The molecule has 1 aromatic heterocycles. The number of hydrogen-bond acceptors (Lipinski definition) is 11. The third kappa shape index (κ3) is 4.70. The Balaban J connectivity index is 1.50. The zero-order valence-corrected chi connectivity index (χ0v) is 20.9. The van der Waals surface area contributed by atoms with E-state index >= 15 is 0 Å². The fraction of sp³-hybridized carbons (Fsp3) is 0.500. The molecule has 3 aliphatic heterocycles. The molecular formula is C20H26N7O7S2+. The Kier molecular flexibility index (Phi) is 7.10. The number of thiazole rings is 1. The topological polar surface area (TPSA) is 211 Å². The summed E-state index contributed by atoms with van der Waals surface area (Å²) in [5, 5.41) is 25.8. The molecule has 2 saturated heterocycles. The zero-order chi connectivity index (χ0) is 26.2. The number of nitrogens with zero attached hydrogens (tertiary/aromatic N) is 4. The highest BCUT2D eigenvalue weighted by Crippen LogP contribution is 2.41. The third-order valence-electron chi connectivity index (χ3n) is 6.67. The average molecular weight is 541 g/mol. The van der Waals surface area contributed by atoms with Gasteiger partial charge in [0.05, 0.1) is 13.6 Å². The summed E-state index contributed by atoms with van der Waals surface area (Å²) in [7, 11) is 1.97. The summed E-state index contributed by atoms with van der Waals surface area (Å²) >= 11 is 2.39. The van der Waals surface area contributed by atoms with Crippen LogP contribution in [-0.4, -0.2) is 104 Å². The number of likely N-dealkylation sites (N-methyl/N-ethyl adjacent to an activating group) is 1. The van der Waals surface area contributed by atoms with E-state index in [9.17, 15) is 29.5 Å². The van der Waals surface area contributed by atoms with Crippen molar-refractivity contribution in [1.29, 1.82) is 0 Å². The van der Waals surface area contributed by atoms with Crippen LogP contribution in [0.25, 0.3) is 0 Å². The van der Waals surface area contributed by atoms with Crippen LogP contribution in [0.1, 0.15) is 18.5 Å². The van der Waals surface area contributed by atoms with Crippen molar-refractivity contribution in [2.24, 2.45) is 10.9 Å². The Bertz CT molecular complexity index is 1170. The highest BCUT2D eigenvalue weighted by atomic mass is 32.2. The van der Waals surface area contributed by atoms with Gasteiger partial charge in [-0.05, 0) is 0 Å². The van der Waals surface area contributed by atoms with E-state index in [1.54, 1.807) is 0 Å². The minimum Gasteiger partial charge on any atom is -0.477 e. The van der Waals surface area contributed by atoms with Crippen molar-refractivity contribution in [3.63, 3.8) is 0 Å². The number of anilines is 1. The maximum absolute atomic E-state index is 13.0. The molecule has 0 bridgehead atoms. The molecule has 0 aliphatic carbocycles. The number of amides is 3. The molecule has 3 unspecified atom stereocenters. The number of nitrogen functional groups attached to an aromatic ring is 1. The molecule has 0 radical (unpaired) electrons. The fourth-order valence-electron chi connectivity index (χ4n) is 4.89. The minimum atomic E-state index is -1.24. The van der Waals surface area contributed by atoms with Gasteiger partial charge in [0, 0.05) is 29.5 Å². The van der Waals surface area contributed by atoms with Crippen molar-refractivity contribution in [2.45, 2.75) is 30.3 Å². The maximum Gasteiger partial charge on any atom is 0.404 e. The molecule has 3 amide bonds. The molecule has 36 heavy (non-hydrogen) atoms. The van der Waals surface area contributed by atoms with Gasteiger partial charge in [-0.25, -0.2) is 14.6 Å². The second-order valence-corrected chi connectivity index (χ2v) is 10.9. The van der Waals surface area contributed by atoms with Crippen LogP contribution >= 0.6 is 23.1 Å². The summed E-state index contributed by atoms with van der Waals surface area (Å²) in [4.78, 5) is 54.1. The lowest BCUT2D eigenvalue weighted by Gasteiger charge is -2.50. The zero-order valence-electron chi connectivity index (χ0n) is 19.2. The van der Waals surface area contributed by atoms with Gasteiger partial charge < -0.3 is 36.3 Å². The number of hydrogen-bond donors (Lipinski definition) is 5. The molecule has 4 heterocycles. The SMILES string of the molecule is C[N+]1(CC2=C(C(=O)O)N3C(=O)C(NC(=O)C(=NO)c4csc(N)n4)[C@H]3SC2)CCCC1COC(N)=O. The van der Waals surface area contributed by atoms with Crippen molar-refractivity contribution in [2.75, 3.05) is 38.2 Å². The van der Waals surface area contributed by atoms with Gasteiger partial charge in [0.15, 0.2) is 10.8 Å². The predicted octanol–water partition coefficient (Wildman–Crippen LogP) is -0.653. The summed E-state index contributed by atoms with van der Waals surface area (Å²) in [6.07, 6.45) is 0.817. The maximum atomic E-state index is 13.0. The van der Waals surface area contributed by atoms with Gasteiger partial charge in [-0.3, -0.25) is 14.5 Å². The van der Waals surface area contributed by atoms with Crippen LogP contribution in [0.3, 0.4) is 0 Å². The molecule has 0 spiro atoms. The molecule has 4 atom stereocenters. The van der Waals surface area contributed by atoms with Gasteiger partial charge in [-0.15, -0.1) is 23.1 Å². The summed E-state index contributed by atoms with van der Waals surface area (Å²) < 4.78 is 5.46. The number of carbonyl (C=O) groups is 4. The smallest absolute Gasteiger partial charge is 0.404 e. The molecule has 16 heteroatoms. The van der Waals surface area contributed by atoms with Crippen LogP contribution < -0.4 is 16.8 Å². The van der Waals surface area contributed by atoms with E-state index in [2.05, 4.69) is 15.5 Å². The summed E-state index contributed by atoms with van der Waals surface area (Å²) in [6, 6.07) is -1.04. The lowest BCUT2D eigenvalue weighted by Crippen LogP contribution is -2.71. The molecule has 0 saturated carbocycles. The number of aromatic nitrogens is 1. The van der Waals surface area contributed by atoms with E-state index in [1.165, 1.54) is 22.0 Å². The number of β-lactam (4-membered cyclic amide) rings is 1. The average Bonchev–Trinajstić information content (AvgIpc) is 3.41. The van der Waals surface area contributed by atoms with E-state index in [4.69, 9.17) is 16.2 Å². The van der Waals surface area contributed by atoms with E-state index in [0.29, 0.717) is 22.4 Å². The molecule has 1 aromatic rings. The second-order valence-electron chi connectivity index (χ2n) is 8.93. The van der Waals surface area contributed by atoms with E-state index < -0.39 is 41.0 Å². The van der Waals surface area contributed by atoms with Crippen LogP contribution in [0.4, 0.5) is 9.93 Å². The quantitative estimate of drug-likeness (QED) is 0.0924. The fourth-order valence-corrected chi connectivity index (χ4v) is 6.77.